The normalized spacial score (nSPS) is 9.53. The van der Waals surface area contributed by atoms with E-state index in [0.717, 1.165) is 0 Å². The SMILES string of the molecule is CCCC(=O)OC(=O)NCOC(=O)c1ccccc1. The molecule has 1 amide bonds. The van der Waals surface area contributed by atoms with Gasteiger partial charge in [0.25, 0.3) is 0 Å². The van der Waals surface area contributed by atoms with E-state index in [4.69, 9.17) is 4.74 Å². The molecule has 0 radical (unpaired) electrons. The summed E-state index contributed by atoms with van der Waals surface area (Å²) >= 11 is 0. The largest absolute Gasteiger partial charge is 0.441 e. The Kier molecular flexibility index (Phi) is 6.08. The molecule has 0 saturated carbocycles. The molecule has 1 aromatic carbocycles. The molecule has 0 heterocycles. The number of ether oxygens (including phenoxy) is 2. The van der Waals surface area contributed by atoms with Gasteiger partial charge in [-0.2, -0.15) is 0 Å². The number of carbonyl (C=O) groups is 3. The van der Waals surface area contributed by atoms with Gasteiger partial charge < -0.3 is 9.47 Å². The van der Waals surface area contributed by atoms with Crippen molar-refractivity contribution in [2.24, 2.45) is 0 Å². The summed E-state index contributed by atoms with van der Waals surface area (Å²) < 4.78 is 9.18. The van der Waals surface area contributed by atoms with Gasteiger partial charge in [0.1, 0.15) is 0 Å². The molecule has 19 heavy (non-hydrogen) atoms. The van der Waals surface area contributed by atoms with Gasteiger partial charge in [-0.15, -0.1) is 0 Å². The lowest BCUT2D eigenvalue weighted by Crippen LogP contribution is -2.30. The molecule has 0 aliphatic carbocycles. The van der Waals surface area contributed by atoms with Crippen LogP contribution in [0.4, 0.5) is 4.79 Å². The lowest BCUT2D eigenvalue weighted by molar-refractivity contribution is -0.137. The first-order valence-corrected chi connectivity index (χ1v) is 5.84. The number of alkyl carbamates (subject to hydrolysis) is 1. The number of carbonyl (C=O) groups excluding carboxylic acids is 3. The van der Waals surface area contributed by atoms with E-state index in [1.54, 1.807) is 37.3 Å². The predicted octanol–water partition coefficient (Wildman–Crippen LogP) is 1.85. The summed E-state index contributed by atoms with van der Waals surface area (Å²) in [6.07, 6.45) is -0.175. The monoisotopic (exact) mass is 265 g/mol. The second-order valence-electron chi connectivity index (χ2n) is 3.63. The summed E-state index contributed by atoms with van der Waals surface area (Å²) in [6.45, 7) is 1.44. The molecular weight excluding hydrogens is 250 g/mol. The van der Waals surface area contributed by atoms with E-state index in [-0.39, 0.29) is 13.2 Å². The maximum absolute atomic E-state index is 11.5. The fraction of sp³-hybridized carbons (Fsp3) is 0.308. The highest BCUT2D eigenvalue weighted by Gasteiger charge is 2.10. The van der Waals surface area contributed by atoms with Crippen LogP contribution < -0.4 is 5.32 Å². The van der Waals surface area contributed by atoms with Crippen molar-refractivity contribution in [1.29, 1.82) is 0 Å². The second-order valence-corrected chi connectivity index (χ2v) is 3.63. The molecule has 1 N–H and O–H groups in total. The van der Waals surface area contributed by atoms with Crippen molar-refractivity contribution in [1.82, 2.24) is 5.32 Å². The van der Waals surface area contributed by atoms with E-state index < -0.39 is 18.0 Å². The molecule has 0 saturated heterocycles. The van der Waals surface area contributed by atoms with E-state index in [1.165, 1.54) is 0 Å². The molecule has 0 atom stereocenters. The van der Waals surface area contributed by atoms with E-state index >= 15 is 0 Å². The van der Waals surface area contributed by atoms with E-state index in [1.807, 2.05) is 0 Å². The Labute approximate surface area is 110 Å². The van der Waals surface area contributed by atoms with Crippen LogP contribution in [0.15, 0.2) is 30.3 Å². The van der Waals surface area contributed by atoms with E-state index in [2.05, 4.69) is 10.1 Å². The highest BCUT2D eigenvalue weighted by Crippen LogP contribution is 2.00. The van der Waals surface area contributed by atoms with Gasteiger partial charge in [-0.25, -0.2) is 9.59 Å². The Morgan fingerprint density at radius 1 is 1.16 bits per heavy atom. The zero-order valence-corrected chi connectivity index (χ0v) is 10.5. The number of hydrogen-bond donors (Lipinski definition) is 1. The van der Waals surface area contributed by atoms with E-state index in [9.17, 15) is 14.4 Å². The maximum atomic E-state index is 11.5. The molecule has 6 nitrogen and oxygen atoms in total. The minimum Gasteiger partial charge on any atom is -0.441 e. The summed E-state index contributed by atoms with van der Waals surface area (Å²) in [6, 6.07) is 8.34. The highest BCUT2D eigenvalue weighted by molar-refractivity contribution is 5.89. The molecule has 102 valence electrons. The Balaban J connectivity index is 2.25. The average Bonchev–Trinajstić information content (AvgIpc) is 2.39. The average molecular weight is 265 g/mol. The molecule has 0 spiro atoms. The molecule has 0 fully saturated rings. The van der Waals surface area contributed by atoms with Gasteiger partial charge in [0.2, 0.25) is 0 Å². The molecule has 1 aromatic rings. The molecule has 0 bridgehead atoms. The first-order chi connectivity index (χ1) is 9.13. The van der Waals surface area contributed by atoms with Gasteiger partial charge in [-0.3, -0.25) is 10.1 Å². The minimum absolute atomic E-state index is 0.164. The number of hydrogen-bond acceptors (Lipinski definition) is 5. The third kappa shape index (κ3) is 5.67. The van der Waals surface area contributed by atoms with Crippen LogP contribution in [0.5, 0.6) is 0 Å². The Hall–Kier alpha value is -2.37. The lowest BCUT2D eigenvalue weighted by atomic mass is 10.2. The van der Waals surface area contributed by atoms with Gasteiger partial charge in [0, 0.05) is 6.42 Å². The number of amides is 1. The van der Waals surface area contributed by atoms with Crippen LogP contribution >= 0.6 is 0 Å². The van der Waals surface area contributed by atoms with Crippen molar-refractivity contribution in [3.63, 3.8) is 0 Å². The Morgan fingerprint density at radius 2 is 1.84 bits per heavy atom. The van der Waals surface area contributed by atoms with Crippen LogP contribution in [0.25, 0.3) is 0 Å². The van der Waals surface area contributed by atoms with Crippen LogP contribution in [0, 0.1) is 0 Å². The predicted molar refractivity (Wildman–Crippen MR) is 66.3 cm³/mol. The smallest absolute Gasteiger partial charge is 0.417 e. The fourth-order valence-corrected chi connectivity index (χ4v) is 1.21. The van der Waals surface area contributed by atoms with E-state index in [0.29, 0.717) is 12.0 Å². The molecule has 0 unspecified atom stereocenters. The van der Waals surface area contributed by atoms with Crippen LogP contribution in [0.3, 0.4) is 0 Å². The zero-order valence-electron chi connectivity index (χ0n) is 10.5. The summed E-state index contributed by atoms with van der Waals surface area (Å²) in [5.74, 6) is -1.19. The van der Waals surface area contributed by atoms with Gasteiger partial charge in [-0.05, 0) is 18.6 Å². The number of esters is 2. The molecule has 1 rings (SSSR count). The molecule has 6 heteroatoms. The molecular formula is C13H15NO5. The van der Waals surface area contributed by atoms with Gasteiger partial charge in [0.15, 0.2) is 6.73 Å². The fourth-order valence-electron chi connectivity index (χ4n) is 1.21. The van der Waals surface area contributed by atoms with Crippen molar-refractivity contribution in [3.8, 4) is 0 Å². The van der Waals surface area contributed by atoms with Gasteiger partial charge in [0.05, 0.1) is 5.56 Å². The highest BCUT2D eigenvalue weighted by atomic mass is 16.6. The standard InChI is InChI=1S/C13H15NO5/c1-2-6-11(15)19-13(17)14-9-18-12(16)10-7-4-3-5-8-10/h3-5,7-8H,2,6,9H2,1H3,(H,14,17). The lowest BCUT2D eigenvalue weighted by Gasteiger charge is -2.06. The summed E-state index contributed by atoms with van der Waals surface area (Å²) in [5.41, 5.74) is 0.375. The topological polar surface area (TPSA) is 81.7 Å². The van der Waals surface area contributed by atoms with Crippen molar-refractivity contribution in [2.75, 3.05) is 6.73 Å². The zero-order chi connectivity index (χ0) is 14.1. The number of rotatable bonds is 5. The first-order valence-electron chi connectivity index (χ1n) is 5.84. The van der Waals surface area contributed by atoms with Crippen molar-refractivity contribution >= 4 is 18.0 Å². The van der Waals surface area contributed by atoms with Gasteiger partial charge >= 0.3 is 18.0 Å². The van der Waals surface area contributed by atoms with Crippen LogP contribution in [0.1, 0.15) is 30.1 Å². The van der Waals surface area contributed by atoms with Crippen LogP contribution in [-0.4, -0.2) is 24.8 Å². The number of benzene rings is 1. The van der Waals surface area contributed by atoms with Crippen molar-refractivity contribution in [3.05, 3.63) is 35.9 Å². The van der Waals surface area contributed by atoms with Gasteiger partial charge in [-0.1, -0.05) is 25.1 Å². The van der Waals surface area contributed by atoms with Crippen LogP contribution in [0.2, 0.25) is 0 Å². The summed E-state index contributed by atoms with van der Waals surface area (Å²) in [4.78, 5) is 33.6. The quantitative estimate of drug-likeness (QED) is 0.499. The van der Waals surface area contributed by atoms with Crippen LogP contribution in [-0.2, 0) is 14.3 Å². The minimum atomic E-state index is -0.931. The second kappa shape index (κ2) is 7.86. The maximum Gasteiger partial charge on any atom is 0.417 e. The summed E-state index contributed by atoms with van der Waals surface area (Å²) in [5, 5.41) is 2.15. The van der Waals surface area contributed by atoms with Crippen molar-refractivity contribution in [2.45, 2.75) is 19.8 Å². The third-order valence-electron chi connectivity index (χ3n) is 2.09. The molecule has 0 aromatic heterocycles. The Bertz CT molecular complexity index is 444. The Morgan fingerprint density at radius 3 is 2.47 bits per heavy atom. The molecule has 0 aliphatic heterocycles. The first kappa shape index (κ1) is 14.7. The number of nitrogens with one attached hydrogen (secondary N) is 1. The molecule has 0 aliphatic rings. The summed E-state index contributed by atoms with van der Waals surface area (Å²) in [7, 11) is 0. The third-order valence-corrected chi connectivity index (χ3v) is 2.09. The van der Waals surface area contributed by atoms with Crippen molar-refractivity contribution < 1.29 is 23.9 Å².